The molecule has 1 aliphatic carbocycles. The lowest BCUT2D eigenvalue weighted by Crippen LogP contribution is -2.05. The molecule has 1 aromatic carbocycles. The zero-order chi connectivity index (χ0) is 14.8. The maximum atomic E-state index is 11.8. The maximum absolute atomic E-state index is 11.8. The van der Waals surface area contributed by atoms with Gasteiger partial charge in [0.15, 0.2) is 4.47 Å². The van der Waals surface area contributed by atoms with E-state index in [1.54, 1.807) is 11.3 Å². The van der Waals surface area contributed by atoms with Crippen molar-refractivity contribution in [2.45, 2.75) is 26.2 Å². The van der Waals surface area contributed by atoms with Crippen LogP contribution in [0.5, 0.6) is 0 Å². The van der Waals surface area contributed by atoms with Gasteiger partial charge in [-0.2, -0.15) is 0 Å². The Morgan fingerprint density at radius 1 is 1.43 bits per heavy atom. The molecule has 1 unspecified atom stereocenters. The average Bonchev–Trinajstić information content (AvgIpc) is 3.04. The molecule has 21 heavy (non-hydrogen) atoms. The fourth-order valence-electron chi connectivity index (χ4n) is 2.86. The van der Waals surface area contributed by atoms with Gasteiger partial charge >= 0.3 is 5.97 Å². The van der Waals surface area contributed by atoms with E-state index in [-0.39, 0.29) is 5.97 Å². The van der Waals surface area contributed by atoms with Crippen molar-refractivity contribution >= 4 is 28.9 Å². The van der Waals surface area contributed by atoms with E-state index in [1.807, 2.05) is 25.3 Å². The van der Waals surface area contributed by atoms with Crippen molar-refractivity contribution < 1.29 is 9.53 Å². The van der Waals surface area contributed by atoms with Crippen LogP contribution in [0.3, 0.4) is 0 Å². The molecule has 0 bridgehead atoms. The predicted molar refractivity (Wildman–Crippen MR) is 84.1 cm³/mol. The first kappa shape index (κ1) is 14.5. The van der Waals surface area contributed by atoms with Gasteiger partial charge < -0.3 is 4.74 Å². The molecule has 110 valence electrons. The molecule has 0 radical (unpaired) electrons. The Morgan fingerprint density at radius 3 is 2.95 bits per heavy atom. The van der Waals surface area contributed by atoms with Crippen LogP contribution < -0.4 is 0 Å². The molecule has 0 N–H and O–H groups in total. The quantitative estimate of drug-likeness (QED) is 0.801. The van der Waals surface area contributed by atoms with Crippen LogP contribution in [0.4, 0.5) is 0 Å². The monoisotopic (exact) mass is 321 g/mol. The lowest BCUT2D eigenvalue weighted by Gasteiger charge is -2.05. The molecule has 0 amide bonds. The summed E-state index contributed by atoms with van der Waals surface area (Å²) in [5, 5.41) is 0. The minimum Gasteiger partial charge on any atom is -0.462 e. The van der Waals surface area contributed by atoms with Gasteiger partial charge in [0.05, 0.1) is 12.2 Å². The summed E-state index contributed by atoms with van der Waals surface area (Å²) in [6.07, 6.45) is 4.90. The van der Waals surface area contributed by atoms with Crippen LogP contribution in [0.15, 0.2) is 24.4 Å². The highest BCUT2D eigenvalue weighted by molar-refractivity contribution is 7.15. The van der Waals surface area contributed by atoms with Gasteiger partial charge in [0.2, 0.25) is 0 Å². The number of rotatable bonds is 4. The third-order valence-electron chi connectivity index (χ3n) is 3.75. The molecule has 1 aromatic heterocycles. The Kier molecular flexibility index (Phi) is 4.27. The summed E-state index contributed by atoms with van der Waals surface area (Å²) in [5.74, 6) is 0.326. The van der Waals surface area contributed by atoms with Gasteiger partial charge in [0, 0.05) is 11.1 Å². The Balaban J connectivity index is 1.70. The average molecular weight is 322 g/mol. The van der Waals surface area contributed by atoms with Gasteiger partial charge in [0.1, 0.15) is 0 Å². The molecular formula is C16H16ClNO2S. The lowest BCUT2D eigenvalue weighted by molar-refractivity contribution is 0.0526. The largest absolute Gasteiger partial charge is 0.462 e. The van der Waals surface area contributed by atoms with Crippen LogP contribution in [-0.4, -0.2) is 17.6 Å². The van der Waals surface area contributed by atoms with Crippen LogP contribution >= 0.6 is 22.9 Å². The summed E-state index contributed by atoms with van der Waals surface area (Å²) in [6.45, 7) is 2.23. The number of ether oxygens (including phenoxy) is 1. The molecule has 1 atom stereocenters. The number of carbonyl (C=O) groups is 1. The SMILES string of the molecule is CCOC(=O)c1ccc2c(c1)CC(Cc1cnc(Cl)s1)C2. The third-order valence-corrected chi connectivity index (χ3v) is 4.89. The summed E-state index contributed by atoms with van der Waals surface area (Å²) >= 11 is 7.42. The number of aromatic nitrogens is 1. The van der Waals surface area contributed by atoms with E-state index in [0.717, 1.165) is 19.3 Å². The molecule has 2 aromatic rings. The van der Waals surface area contributed by atoms with E-state index in [4.69, 9.17) is 16.3 Å². The highest BCUT2D eigenvalue weighted by Gasteiger charge is 2.23. The number of thiazole rings is 1. The zero-order valence-electron chi connectivity index (χ0n) is 11.8. The molecule has 1 aliphatic rings. The second-order valence-electron chi connectivity index (χ2n) is 5.26. The molecule has 0 saturated heterocycles. The fourth-order valence-corrected chi connectivity index (χ4v) is 3.95. The molecule has 0 spiro atoms. The molecule has 3 nitrogen and oxygen atoms in total. The fraction of sp³-hybridized carbons (Fsp3) is 0.375. The summed E-state index contributed by atoms with van der Waals surface area (Å²) < 4.78 is 5.65. The van der Waals surface area contributed by atoms with Crippen molar-refractivity contribution in [3.05, 3.63) is 50.4 Å². The van der Waals surface area contributed by atoms with Gasteiger partial charge in [-0.05, 0) is 55.4 Å². The van der Waals surface area contributed by atoms with Crippen molar-refractivity contribution in [3.63, 3.8) is 0 Å². The maximum Gasteiger partial charge on any atom is 0.338 e. The second kappa shape index (κ2) is 6.16. The molecule has 5 heteroatoms. The zero-order valence-corrected chi connectivity index (χ0v) is 13.3. The number of halogens is 1. The van der Waals surface area contributed by atoms with Crippen LogP contribution in [-0.2, 0) is 24.0 Å². The Bertz CT molecular complexity index is 668. The highest BCUT2D eigenvalue weighted by atomic mass is 35.5. The van der Waals surface area contributed by atoms with Crippen molar-refractivity contribution in [1.29, 1.82) is 0 Å². The van der Waals surface area contributed by atoms with Gasteiger partial charge in [-0.15, -0.1) is 11.3 Å². The van der Waals surface area contributed by atoms with E-state index < -0.39 is 0 Å². The minimum atomic E-state index is -0.238. The number of fused-ring (bicyclic) bond motifs is 1. The van der Waals surface area contributed by atoms with Crippen LogP contribution in [0.25, 0.3) is 0 Å². The number of nitrogens with zero attached hydrogens (tertiary/aromatic N) is 1. The van der Waals surface area contributed by atoms with E-state index >= 15 is 0 Å². The number of hydrogen-bond donors (Lipinski definition) is 0. The number of carbonyl (C=O) groups excluding carboxylic acids is 1. The minimum absolute atomic E-state index is 0.238. The molecule has 0 aliphatic heterocycles. The van der Waals surface area contributed by atoms with Crippen LogP contribution in [0, 0.1) is 5.92 Å². The smallest absolute Gasteiger partial charge is 0.338 e. The Labute approximate surface area is 132 Å². The standard InChI is InChI=1S/C16H16ClNO2S/c1-2-20-15(19)12-4-3-11-5-10(6-13(11)8-12)7-14-9-18-16(17)21-14/h3-4,8-10H,2,5-7H2,1H3. The first-order chi connectivity index (χ1) is 10.2. The summed E-state index contributed by atoms with van der Waals surface area (Å²) in [7, 11) is 0. The van der Waals surface area contributed by atoms with E-state index in [1.165, 1.54) is 16.0 Å². The van der Waals surface area contributed by atoms with E-state index in [9.17, 15) is 4.79 Å². The molecule has 0 fully saturated rings. The topological polar surface area (TPSA) is 39.2 Å². The van der Waals surface area contributed by atoms with Gasteiger partial charge in [-0.25, -0.2) is 9.78 Å². The van der Waals surface area contributed by atoms with Crippen molar-refractivity contribution in [1.82, 2.24) is 4.98 Å². The molecule has 1 heterocycles. The van der Waals surface area contributed by atoms with Crippen LogP contribution in [0.2, 0.25) is 4.47 Å². The normalized spacial score (nSPS) is 16.8. The molecule has 0 saturated carbocycles. The van der Waals surface area contributed by atoms with Crippen molar-refractivity contribution in [2.24, 2.45) is 5.92 Å². The van der Waals surface area contributed by atoms with E-state index in [2.05, 4.69) is 11.1 Å². The van der Waals surface area contributed by atoms with Crippen molar-refractivity contribution in [3.8, 4) is 0 Å². The predicted octanol–water partition coefficient (Wildman–Crippen LogP) is 3.93. The van der Waals surface area contributed by atoms with Crippen LogP contribution in [0.1, 0.15) is 33.3 Å². The van der Waals surface area contributed by atoms with Gasteiger partial charge in [-0.3, -0.25) is 0 Å². The molecular weight excluding hydrogens is 306 g/mol. The first-order valence-corrected chi connectivity index (χ1v) is 8.24. The highest BCUT2D eigenvalue weighted by Crippen LogP contribution is 2.31. The Hall–Kier alpha value is -1.39. The number of esters is 1. The second-order valence-corrected chi connectivity index (χ2v) is 6.96. The number of hydrogen-bond acceptors (Lipinski definition) is 4. The summed E-state index contributed by atoms with van der Waals surface area (Å²) in [4.78, 5) is 17.1. The lowest BCUT2D eigenvalue weighted by atomic mass is 10.0. The van der Waals surface area contributed by atoms with Gasteiger partial charge in [0.25, 0.3) is 0 Å². The summed E-state index contributed by atoms with van der Waals surface area (Å²) in [6, 6.07) is 5.90. The van der Waals surface area contributed by atoms with Gasteiger partial charge in [-0.1, -0.05) is 17.7 Å². The molecule has 3 rings (SSSR count). The van der Waals surface area contributed by atoms with Crippen molar-refractivity contribution in [2.75, 3.05) is 6.61 Å². The number of benzene rings is 1. The van der Waals surface area contributed by atoms with E-state index in [0.29, 0.717) is 22.6 Å². The third kappa shape index (κ3) is 3.27. The Morgan fingerprint density at radius 2 is 2.24 bits per heavy atom. The summed E-state index contributed by atoms with van der Waals surface area (Å²) in [5.41, 5.74) is 3.25. The first-order valence-electron chi connectivity index (χ1n) is 7.05.